The Labute approximate surface area is 164 Å². The Kier molecular flexibility index (Phi) is 4.63. The Hall–Kier alpha value is -3.88. The van der Waals surface area contributed by atoms with Gasteiger partial charge in [0.15, 0.2) is 0 Å². The first-order chi connectivity index (χ1) is 13.9. The van der Waals surface area contributed by atoms with Crippen LogP contribution in [0.1, 0.15) is 35.1 Å². The van der Waals surface area contributed by atoms with Crippen LogP contribution in [0.3, 0.4) is 0 Å². The first-order valence-corrected chi connectivity index (χ1v) is 9.07. The van der Waals surface area contributed by atoms with Gasteiger partial charge in [0, 0.05) is 36.2 Å². The van der Waals surface area contributed by atoms with Gasteiger partial charge in [-0.1, -0.05) is 12.1 Å². The predicted molar refractivity (Wildman–Crippen MR) is 107 cm³/mol. The molecule has 0 aliphatic carbocycles. The van der Waals surface area contributed by atoms with Gasteiger partial charge >= 0.3 is 0 Å². The van der Waals surface area contributed by atoms with Crippen LogP contribution in [-0.4, -0.2) is 26.1 Å². The lowest BCUT2D eigenvalue weighted by Gasteiger charge is -2.07. The van der Waals surface area contributed by atoms with E-state index in [1.165, 1.54) is 12.1 Å². The minimum atomic E-state index is -0.489. The molecule has 0 saturated heterocycles. The van der Waals surface area contributed by atoms with E-state index in [9.17, 15) is 19.7 Å². The van der Waals surface area contributed by atoms with Crippen molar-refractivity contribution in [3.8, 4) is 0 Å². The molecule has 0 saturated carbocycles. The van der Waals surface area contributed by atoms with Crippen LogP contribution in [-0.2, 0) is 13.0 Å². The van der Waals surface area contributed by atoms with E-state index >= 15 is 0 Å². The number of fused-ring (bicyclic) bond motifs is 2. The molecule has 2 heterocycles. The highest BCUT2D eigenvalue weighted by Crippen LogP contribution is 2.17. The minimum absolute atomic E-state index is 0.0530. The van der Waals surface area contributed by atoms with E-state index in [2.05, 4.69) is 15.5 Å². The van der Waals surface area contributed by atoms with Crippen molar-refractivity contribution in [2.75, 3.05) is 0 Å². The van der Waals surface area contributed by atoms with Gasteiger partial charge in [-0.2, -0.15) is 5.10 Å². The summed E-state index contributed by atoms with van der Waals surface area (Å²) in [4.78, 5) is 39.9. The average molecular weight is 391 g/mol. The molecule has 9 nitrogen and oxygen atoms in total. The summed E-state index contributed by atoms with van der Waals surface area (Å²) in [6, 6.07) is 10.7. The number of hydrogen-bond donors (Lipinski definition) is 1. The first-order valence-electron chi connectivity index (χ1n) is 9.07. The third-order valence-electron chi connectivity index (χ3n) is 4.88. The SMILES string of the molecule is C/C(=N/NC(=O)c1ccc2c(=O)n3c(nc2c1)CCC3)c1cccc([N+](=O)[O-])c1. The molecule has 0 fully saturated rings. The number of aromatic nitrogens is 2. The van der Waals surface area contributed by atoms with Gasteiger partial charge in [-0.3, -0.25) is 24.3 Å². The topological polar surface area (TPSA) is 119 Å². The molecule has 1 aliphatic heterocycles. The highest BCUT2D eigenvalue weighted by atomic mass is 16.6. The molecule has 2 aromatic carbocycles. The van der Waals surface area contributed by atoms with Gasteiger partial charge < -0.3 is 0 Å². The third-order valence-corrected chi connectivity index (χ3v) is 4.88. The molecule has 0 radical (unpaired) electrons. The monoisotopic (exact) mass is 391 g/mol. The molecule has 0 bridgehead atoms. The van der Waals surface area contributed by atoms with Gasteiger partial charge in [0.25, 0.3) is 17.2 Å². The van der Waals surface area contributed by atoms with Gasteiger partial charge in [-0.05, 0) is 31.5 Å². The summed E-state index contributed by atoms with van der Waals surface area (Å²) in [6.07, 6.45) is 1.63. The van der Waals surface area contributed by atoms with Crippen molar-refractivity contribution < 1.29 is 9.72 Å². The smallest absolute Gasteiger partial charge is 0.271 e. The summed E-state index contributed by atoms with van der Waals surface area (Å²) in [5.41, 5.74) is 4.07. The predicted octanol–water partition coefficient (Wildman–Crippen LogP) is 2.40. The zero-order valence-corrected chi connectivity index (χ0v) is 15.6. The molecular weight excluding hydrogens is 374 g/mol. The van der Waals surface area contributed by atoms with Gasteiger partial charge in [0.05, 0.1) is 21.5 Å². The average Bonchev–Trinajstić information content (AvgIpc) is 3.20. The van der Waals surface area contributed by atoms with Gasteiger partial charge in [-0.25, -0.2) is 10.4 Å². The second-order valence-corrected chi connectivity index (χ2v) is 6.77. The number of amides is 1. The lowest BCUT2D eigenvalue weighted by molar-refractivity contribution is -0.384. The number of nitrogens with zero attached hydrogens (tertiary/aromatic N) is 4. The molecule has 9 heteroatoms. The van der Waals surface area contributed by atoms with E-state index in [-0.39, 0.29) is 11.2 Å². The summed E-state index contributed by atoms with van der Waals surface area (Å²) < 4.78 is 1.68. The van der Waals surface area contributed by atoms with Gasteiger partial charge in [0.1, 0.15) is 5.82 Å². The maximum absolute atomic E-state index is 12.5. The van der Waals surface area contributed by atoms with Crippen molar-refractivity contribution in [2.24, 2.45) is 5.10 Å². The van der Waals surface area contributed by atoms with Crippen LogP contribution >= 0.6 is 0 Å². The van der Waals surface area contributed by atoms with Crippen LogP contribution < -0.4 is 11.0 Å². The number of carbonyl (C=O) groups excluding carboxylic acids is 1. The van der Waals surface area contributed by atoms with Crippen LogP contribution in [0.4, 0.5) is 5.69 Å². The number of benzene rings is 2. The molecule has 0 spiro atoms. The Morgan fingerprint density at radius 1 is 1.24 bits per heavy atom. The van der Waals surface area contributed by atoms with Crippen molar-refractivity contribution >= 4 is 28.2 Å². The summed E-state index contributed by atoms with van der Waals surface area (Å²) in [5.74, 6) is 0.277. The number of non-ortho nitro benzene ring substituents is 1. The standard InChI is InChI=1S/C20H17N5O4/c1-12(13-4-2-5-15(10-13)25(28)29)22-23-19(26)14-7-8-16-17(11-14)21-18-6-3-9-24(18)20(16)27/h2,4-5,7-8,10-11H,3,6,9H2,1H3,(H,23,26)/b22-12-. The molecular formula is C20H17N5O4. The van der Waals surface area contributed by atoms with Crippen LogP contribution in [0.25, 0.3) is 10.9 Å². The Balaban J connectivity index is 1.58. The fourth-order valence-corrected chi connectivity index (χ4v) is 3.33. The summed E-state index contributed by atoms with van der Waals surface area (Å²) in [7, 11) is 0. The van der Waals surface area contributed by atoms with Crippen LogP contribution in [0.5, 0.6) is 0 Å². The van der Waals surface area contributed by atoms with E-state index in [1.54, 1.807) is 41.8 Å². The first kappa shape index (κ1) is 18.5. The number of rotatable bonds is 4. The Morgan fingerprint density at radius 2 is 2.07 bits per heavy atom. The number of nitrogens with one attached hydrogen (secondary N) is 1. The maximum atomic E-state index is 12.5. The maximum Gasteiger partial charge on any atom is 0.271 e. The normalized spacial score (nSPS) is 13.3. The summed E-state index contributed by atoms with van der Waals surface area (Å²) >= 11 is 0. The molecule has 4 rings (SSSR count). The molecule has 0 unspecified atom stereocenters. The van der Waals surface area contributed by atoms with Crippen molar-refractivity contribution in [3.05, 3.63) is 79.9 Å². The minimum Gasteiger partial charge on any atom is -0.296 e. The highest BCUT2D eigenvalue weighted by Gasteiger charge is 2.17. The Morgan fingerprint density at radius 3 is 2.86 bits per heavy atom. The number of carbonyl (C=O) groups is 1. The lowest BCUT2D eigenvalue weighted by Crippen LogP contribution is -2.22. The van der Waals surface area contributed by atoms with E-state index < -0.39 is 10.8 Å². The summed E-state index contributed by atoms with van der Waals surface area (Å²) in [5, 5.41) is 15.4. The molecule has 1 aliphatic rings. The van der Waals surface area contributed by atoms with E-state index in [4.69, 9.17) is 0 Å². The lowest BCUT2D eigenvalue weighted by atomic mass is 10.1. The van der Waals surface area contributed by atoms with Gasteiger partial charge in [0.2, 0.25) is 0 Å². The summed E-state index contributed by atoms with van der Waals surface area (Å²) in [6.45, 7) is 2.32. The number of nitro groups is 1. The van der Waals surface area contributed by atoms with Crippen LogP contribution in [0, 0.1) is 10.1 Å². The molecule has 3 aromatic rings. The van der Waals surface area contributed by atoms with Crippen LogP contribution in [0.15, 0.2) is 52.4 Å². The number of nitro benzene ring substituents is 1. The molecule has 1 amide bonds. The number of hydrogen-bond acceptors (Lipinski definition) is 6. The third kappa shape index (κ3) is 3.49. The fourth-order valence-electron chi connectivity index (χ4n) is 3.33. The van der Waals surface area contributed by atoms with Crippen molar-refractivity contribution in [1.82, 2.24) is 15.0 Å². The Bertz CT molecular complexity index is 1250. The van der Waals surface area contributed by atoms with E-state index in [1.807, 2.05) is 0 Å². The molecule has 0 atom stereocenters. The fraction of sp³-hybridized carbons (Fsp3) is 0.200. The second-order valence-electron chi connectivity index (χ2n) is 6.77. The quantitative estimate of drug-likeness (QED) is 0.416. The molecule has 1 aromatic heterocycles. The van der Waals surface area contributed by atoms with Crippen molar-refractivity contribution in [3.63, 3.8) is 0 Å². The van der Waals surface area contributed by atoms with E-state index in [0.717, 1.165) is 18.7 Å². The number of aryl methyl sites for hydroxylation is 1. The van der Waals surface area contributed by atoms with Gasteiger partial charge in [-0.15, -0.1) is 0 Å². The van der Waals surface area contributed by atoms with Crippen molar-refractivity contribution in [2.45, 2.75) is 26.3 Å². The van der Waals surface area contributed by atoms with Crippen molar-refractivity contribution in [1.29, 1.82) is 0 Å². The largest absolute Gasteiger partial charge is 0.296 e. The second kappa shape index (κ2) is 7.27. The van der Waals surface area contributed by atoms with E-state index in [0.29, 0.717) is 34.3 Å². The molecule has 146 valence electrons. The molecule has 1 N–H and O–H groups in total. The van der Waals surface area contributed by atoms with Crippen LogP contribution in [0.2, 0.25) is 0 Å². The zero-order chi connectivity index (χ0) is 20.5. The highest BCUT2D eigenvalue weighted by molar-refractivity contribution is 6.02. The zero-order valence-electron chi connectivity index (χ0n) is 15.6. The molecule has 29 heavy (non-hydrogen) atoms. The number of hydrazone groups is 1.